The van der Waals surface area contributed by atoms with Crippen LogP contribution in [0.2, 0.25) is 0 Å². The van der Waals surface area contributed by atoms with Gasteiger partial charge >= 0.3 is 0 Å². The van der Waals surface area contributed by atoms with E-state index in [4.69, 9.17) is 0 Å². The average molecular weight is 250 g/mol. The van der Waals surface area contributed by atoms with E-state index in [-0.39, 0.29) is 5.41 Å². The van der Waals surface area contributed by atoms with Crippen molar-refractivity contribution in [3.05, 3.63) is 65.8 Å². The number of hydrogen-bond acceptors (Lipinski definition) is 1. The third-order valence-electron chi connectivity index (χ3n) is 4.48. The van der Waals surface area contributed by atoms with Crippen molar-refractivity contribution in [1.29, 1.82) is 0 Å². The topological polar surface area (TPSA) is 17.1 Å². The molecule has 1 aromatic carbocycles. The second-order valence-corrected chi connectivity index (χ2v) is 5.84. The Hall–Kier alpha value is -1.89. The van der Waals surface area contributed by atoms with Crippen LogP contribution in [0.5, 0.6) is 0 Å². The van der Waals surface area contributed by atoms with Gasteiger partial charge in [-0.3, -0.25) is 4.79 Å². The van der Waals surface area contributed by atoms with Gasteiger partial charge in [0.15, 0.2) is 0 Å². The fourth-order valence-corrected chi connectivity index (χ4v) is 3.72. The fourth-order valence-electron chi connectivity index (χ4n) is 3.72. The third-order valence-corrected chi connectivity index (χ3v) is 4.48. The van der Waals surface area contributed by atoms with Gasteiger partial charge in [0.2, 0.25) is 0 Å². The van der Waals surface area contributed by atoms with Crippen molar-refractivity contribution >= 4 is 11.9 Å². The first-order chi connectivity index (χ1) is 9.15. The van der Waals surface area contributed by atoms with Crippen molar-refractivity contribution in [1.82, 2.24) is 0 Å². The molecule has 0 saturated heterocycles. The fraction of sp³-hybridized carbons (Fsp3) is 0.278. The van der Waals surface area contributed by atoms with Crippen LogP contribution < -0.4 is 0 Å². The van der Waals surface area contributed by atoms with Gasteiger partial charge in [-0.25, -0.2) is 0 Å². The predicted molar refractivity (Wildman–Crippen MR) is 78.5 cm³/mol. The molecule has 0 aromatic heterocycles. The Morgan fingerprint density at radius 3 is 2.74 bits per heavy atom. The maximum absolute atomic E-state index is 10.7. The number of benzene rings is 1. The van der Waals surface area contributed by atoms with Crippen LogP contribution in [0.4, 0.5) is 0 Å². The van der Waals surface area contributed by atoms with E-state index in [2.05, 4.69) is 37.8 Å². The Balaban J connectivity index is 2.18. The molecule has 2 aliphatic rings. The molecule has 1 heteroatoms. The summed E-state index contributed by atoms with van der Waals surface area (Å²) >= 11 is 0. The van der Waals surface area contributed by atoms with Gasteiger partial charge in [-0.2, -0.15) is 0 Å². The first kappa shape index (κ1) is 12.2. The normalized spacial score (nSPS) is 29.5. The van der Waals surface area contributed by atoms with E-state index < -0.39 is 0 Å². The van der Waals surface area contributed by atoms with Crippen LogP contribution in [0.15, 0.2) is 60.2 Å². The second kappa shape index (κ2) is 4.34. The van der Waals surface area contributed by atoms with Crippen LogP contribution in [0.25, 0.3) is 5.57 Å². The van der Waals surface area contributed by atoms with Crippen molar-refractivity contribution in [2.24, 2.45) is 11.3 Å². The van der Waals surface area contributed by atoms with Crippen LogP contribution in [-0.4, -0.2) is 6.29 Å². The Kier molecular flexibility index (Phi) is 2.78. The number of fused-ring (bicyclic) bond motifs is 2. The Labute approximate surface area is 114 Å². The lowest BCUT2D eigenvalue weighted by Gasteiger charge is -2.27. The summed E-state index contributed by atoms with van der Waals surface area (Å²) in [5.74, 6) is 0.457. The average Bonchev–Trinajstić information content (AvgIpc) is 2.86. The van der Waals surface area contributed by atoms with Crippen LogP contribution in [0.1, 0.15) is 25.3 Å². The maximum atomic E-state index is 10.7. The van der Waals surface area contributed by atoms with Crippen LogP contribution in [0, 0.1) is 11.3 Å². The van der Waals surface area contributed by atoms with Crippen molar-refractivity contribution in [2.75, 3.05) is 0 Å². The zero-order valence-corrected chi connectivity index (χ0v) is 11.2. The van der Waals surface area contributed by atoms with Gasteiger partial charge in [-0.15, -0.1) is 0 Å². The summed E-state index contributed by atoms with van der Waals surface area (Å²) in [5.41, 5.74) is 5.46. The lowest BCUT2D eigenvalue weighted by Crippen LogP contribution is -2.13. The van der Waals surface area contributed by atoms with E-state index in [9.17, 15) is 4.79 Å². The van der Waals surface area contributed by atoms with E-state index in [1.54, 1.807) is 6.08 Å². The molecule has 0 amide bonds. The van der Waals surface area contributed by atoms with Gasteiger partial charge in [0.25, 0.3) is 0 Å². The standard InChI is InChI=1S/C18H18O/c1-13-11-18(2)12-15(13)17(16(18)9-6-10-19)14-7-4-3-5-8-14/h3-10,15H,1,11-12H2,2H3/b9-6+. The van der Waals surface area contributed by atoms with E-state index in [0.717, 1.165) is 19.1 Å². The number of hydrogen-bond donors (Lipinski definition) is 0. The molecule has 0 radical (unpaired) electrons. The van der Waals surface area contributed by atoms with Crippen molar-refractivity contribution < 1.29 is 4.79 Å². The molecule has 2 aliphatic carbocycles. The summed E-state index contributed by atoms with van der Waals surface area (Å²) < 4.78 is 0. The number of allylic oxidation sites excluding steroid dienone is 5. The van der Waals surface area contributed by atoms with E-state index >= 15 is 0 Å². The van der Waals surface area contributed by atoms with Gasteiger partial charge in [0, 0.05) is 5.92 Å². The van der Waals surface area contributed by atoms with Gasteiger partial charge in [-0.05, 0) is 41.0 Å². The van der Waals surface area contributed by atoms with E-state index in [1.165, 1.54) is 22.3 Å². The first-order valence-electron chi connectivity index (χ1n) is 6.75. The minimum Gasteiger partial charge on any atom is -0.299 e. The lowest BCUT2D eigenvalue weighted by atomic mass is 9.77. The molecule has 0 heterocycles. The highest BCUT2D eigenvalue weighted by atomic mass is 16.1. The smallest absolute Gasteiger partial charge is 0.142 e. The molecule has 0 spiro atoms. The zero-order valence-electron chi connectivity index (χ0n) is 11.2. The van der Waals surface area contributed by atoms with Crippen LogP contribution in [-0.2, 0) is 4.79 Å². The number of rotatable bonds is 3. The number of carbonyl (C=O) groups excluding carboxylic acids is 1. The zero-order chi connectivity index (χ0) is 13.5. The van der Waals surface area contributed by atoms with E-state index in [1.807, 2.05) is 12.1 Å². The quantitative estimate of drug-likeness (QED) is 0.447. The van der Waals surface area contributed by atoms with Crippen molar-refractivity contribution in [2.45, 2.75) is 19.8 Å². The highest BCUT2D eigenvalue weighted by Gasteiger charge is 2.48. The second-order valence-electron chi connectivity index (χ2n) is 5.84. The molecular formula is C18H18O. The molecule has 0 aliphatic heterocycles. The molecule has 2 atom stereocenters. The largest absolute Gasteiger partial charge is 0.299 e. The van der Waals surface area contributed by atoms with Crippen LogP contribution in [0.3, 0.4) is 0 Å². The summed E-state index contributed by atoms with van der Waals surface area (Å²) in [6, 6.07) is 10.5. The molecule has 1 nitrogen and oxygen atoms in total. The summed E-state index contributed by atoms with van der Waals surface area (Å²) in [5, 5.41) is 0. The molecule has 19 heavy (non-hydrogen) atoms. The molecular weight excluding hydrogens is 232 g/mol. The molecule has 2 bridgehead atoms. The Morgan fingerprint density at radius 1 is 1.32 bits per heavy atom. The molecule has 1 saturated carbocycles. The SMILES string of the molecule is C=C1CC2(C)CC1C(c1ccccc1)=C2/C=C/C=O. The minimum atomic E-state index is 0.159. The molecule has 0 N–H and O–H groups in total. The first-order valence-corrected chi connectivity index (χ1v) is 6.75. The summed E-state index contributed by atoms with van der Waals surface area (Å²) in [7, 11) is 0. The monoisotopic (exact) mass is 250 g/mol. The highest BCUT2D eigenvalue weighted by molar-refractivity contribution is 5.81. The van der Waals surface area contributed by atoms with Crippen LogP contribution >= 0.6 is 0 Å². The number of carbonyl (C=O) groups is 1. The maximum Gasteiger partial charge on any atom is 0.142 e. The summed E-state index contributed by atoms with van der Waals surface area (Å²) in [6.07, 6.45) is 6.66. The summed E-state index contributed by atoms with van der Waals surface area (Å²) in [6.45, 7) is 6.54. The van der Waals surface area contributed by atoms with Crippen molar-refractivity contribution in [3.8, 4) is 0 Å². The molecule has 3 rings (SSSR count). The summed E-state index contributed by atoms with van der Waals surface area (Å²) in [4.78, 5) is 10.7. The Bertz CT molecular complexity index is 591. The lowest BCUT2D eigenvalue weighted by molar-refractivity contribution is -0.104. The minimum absolute atomic E-state index is 0.159. The van der Waals surface area contributed by atoms with E-state index in [0.29, 0.717) is 5.92 Å². The predicted octanol–water partition coefficient (Wildman–Crippen LogP) is 4.18. The van der Waals surface area contributed by atoms with Crippen molar-refractivity contribution in [3.63, 3.8) is 0 Å². The highest BCUT2D eigenvalue weighted by Crippen LogP contribution is 2.62. The van der Waals surface area contributed by atoms with Gasteiger partial charge in [0.1, 0.15) is 6.29 Å². The molecule has 1 aromatic rings. The Morgan fingerprint density at radius 2 is 2.05 bits per heavy atom. The van der Waals surface area contributed by atoms with Gasteiger partial charge < -0.3 is 0 Å². The molecule has 1 fully saturated rings. The molecule has 2 unspecified atom stereocenters. The van der Waals surface area contributed by atoms with Gasteiger partial charge in [0.05, 0.1) is 0 Å². The third kappa shape index (κ3) is 1.81. The van der Waals surface area contributed by atoms with Gasteiger partial charge in [-0.1, -0.05) is 55.5 Å². The molecule has 96 valence electrons. The number of aldehydes is 1.